The first kappa shape index (κ1) is 17.7. The number of hydrogen-bond acceptors (Lipinski definition) is 5. The van der Waals surface area contributed by atoms with Crippen molar-refractivity contribution in [2.75, 3.05) is 26.7 Å². The number of carbonyl (C=O) groups is 1. The van der Waals surface area contributed by atoms with Crippen LogP contribution in [0.2, 0.25) is 0 Å². The smallest absolute Gasteiger partial charge is 0.257 e. The Labute approximate surface area is 142 Å². The number of aromatic nitrogens is 2. The lowest BCUT2D eigenvalue weighted by atomic mass is 10.1. The van der Waals surface area contributed by atoms with Crippen molar-refractivity contribution in [1.29, 1.82) is 0 Å². The summed E-state index contributed by atoms with van der Waals surface area (Å²) in [6.45, 7) is 6.66. The highest BCUT2D eigenvalue weighted by Gasteiger charge is 2.27. The molecule has 3 heterocycles. The fourth-order valence-electron chi connectivity index (χ4n) is 3.04. The molecule has 0 aromatic carbocycles. The molecule has 1 aliphatic heterocycles. The molecule has 1 fully saturated rings. The monoisotopic (exact) mass is 338 g/mol. The summed E-state index contributed by atoms with van der Waals surface area (Å²) in [5.74, 6) is 0.816. The van der Waals surface area contributed by atoms with E-state index >= 15 is 0 Å². The van der Waals surface area contributed by atoms with Gasteiger partial charge in [0.2, 0.25) is 0 Å². The predicted molar refractivity (Wildman–Crippen MR) is 91.1 cm³/mol. The van der Waals surface area contributed by atoms with Crippen molar-refractivity contribution >= 4 is 29.4 Å². The first-order valence-corrected chi connectivity index (χ1v) is 7.79. The van der Waals surface area contributed by atoms with Gasteiger partial charge in [0.1, 0.15) is 0 Å². The molecular weight excluding hydrogens is 316 g/mol. The molecule has 1 atom stereocenters. The summed E-state index contributed by atoms with van der Waals surface area (Å²) in [5, 5.41) is 8.08. The zero-order chi connectivity index (χ0) is 15.7. The highest BCUT2D eigenvalue weighted by Crippen LogP contribution is 2.25. The zero-order valence-corrected chi connectivity index (χ0v) is 14.5. The fraction of sp³-hybridized carbons (Fsp3) is 0.562. The summed E-state index contributed by atoms with van der Waals surface area (Å²) < 4.78 is 5.23. The molecule has 1 saturated heterocycles. The number of nitrogens with one attached hydrogen (secondary N) is 1. The van der Waals surface area contributed by atoms with E-state index in [-0.39, 0.29) is 24.2 Å². The zero-order valence-electron chi connectivity index (χ0n) is 13.7. The van der Waals surface area contributed by atoms with Crippen LogP contribution in [0.1, 0.15) is 42.2 Å². The first-order valence-electron chi connectivity index (χ1n) is 7.79. The summed E-state index contributed by atoms with van der Waals surface area (Å²) in [5.41, 5.74) is 1.96. The quantitative estimate of drug-likeness (QED) is 0.927. The normalized spacial score (nSPS) is 17.7. The van der Waals surface area contributed by atoms with Gasteiger partial charge < -0.3 is 14.7 Å². The molecule has 0 bridgehead atoms. The third kappa shape index (κ3) is 3.48. The molecule has 0 radical (unpaired) electrons. The number of fused-ring (bicyclic) bond motifs is 1. The second kappa shape index (κ2) is 7.27. The van der Waals surface area contributed by atoms with Gasteiger partial charge in [-0.15, -0.1) is 12.4 Å². The number of carbonyl (C=O) groups excluding carboxylic acids is 1. The molecule has 0 saturated carbocycles. The summed E-state index contributed by atoms with van der Waals surface area (Å²) in [6, 6.07) is 1.86. The van der Waals surface area contributed by atoms with Gasteiger partial charge in [0.15, 0.2) is 0 Å². The maximum absolute atomic E-state index is 12.7. The van der Waals surface area contributed by atoms with Gasteiger partial charge in [-0.1, -0.05) is 19.0 Å². The number of pyridine rings is 1. The molecule has 7 heteroatoms. The largest absolute Gasteiger partial charge is 0.338 e. The number of rotatable bonds is 4. The van der Waals surface area contributed by atoms with Crippen molar-refractivity contribution in [3.05, 3.63) is 23.5 Å². The van der Waals surface area contributed by atoms with E-state index in [0.29, 0.717) is 17.2 Å². The Hall–Kier alpha value is -1.66. The van der Waals surface area contributed by atoms with Gasteiger partial charge in [0.25, 0.3) is 11.6 Å². The molecule has 2 aromatic heterocycles. The lowest BCUT2D eigenvalue weighted by Crippen LogP contribution is -2.30. The number of likely N-dealkylation sites (tertiary alicyclic amines) is 1. The lowest BCUT2D eigenvalue weighted by molar-refractivity contribution is 0.0787. The Bertz CT molecular complexity index is 686. The molecule has 126 valence electrons. The van der Waals surface area contributed by atoms with E-state index in [9.17, 15) is 4.79 Å². The number of nitrogens with zero attached hydrogens (tertiary/aromatic N) is 3. The van der Waals surface area contributed by atoms with E-state index in [0.717, 1.165) is 37.1 Å². The first-order chi connectivity index (χ1) is 10.6. The van der Waals surface area contributed by atoms with E-state index in [1.54, 1.807) is 6.20 Å². The summed E-state index contributed by atoms with van der Waals surface area (Å²) in [4.78, 5) is 18.8. The maximum atomic E-state index is 12.7. The van der Waals surface area contributed by atoms with E-state index in [1.165, 1.54) is 0 Å². The van der Waals surface area contributed by atoms with E-state index in [2.05, 4.69) is 29.3 Å². The molecule has 0 spiro atoms. The van der Waals surface area contributed by atoms with Crippen LogP contribution in [0.3, 0.4) is 0 Å². The number of amides is 1. The minimum absolute atomic E-state index is 0. The van der Waals surface area contributed by atoms with Gasteiger partial charge in [-0.25, -0.2) is 4.98 Å². The third-order valence-corrected chi connectivity index (χ3v) is 4.22. The Balaban J connectivity index is 0.00000192. The molecule has 1 N–H and O–H groups in total. The molecule has 1 unspecified atom stereocenters. The van der Waals surface area contributed by atoms with Crippen LogP contribution < -0.4 is 5.32 Å². The van der Waals surface area contributed by atoms with Gasteiger partial charge in [0, 0.05) is 19.3 Å². The van der Waals surface area contributed by atoms with Crippen LogP contribution in [0, 0.1) is 5.92 Å². The number of hydrogen-bond donors (Lipinski definition) is 1. The topological polar surface area (TPSA) is 71.3 Å². The highest BCUT2D eigenvalue weighted by molar-refractivity contribution is 5.97. The molecular formula is C16H23ClN4O2. The van der Waals surface area contributed by atoms with Crippen LogP contribution in [0.15, 0.2) is 16.8 Å². The summed E-state index contributed by atoms with van der Waals surface area (Å²) >= 11 is 0. The Morgan fingerprint density at radius 1 is 1.52 bits per heavy atom. The van der Waals surface area contributed by atoms with Crippen LogP contribution >= 0.6 is 12.4 Å². The second-order valence-electron chi connectivity index (χ2n) is 6.26. The van der Waals surface area contributed by atoms with Gasteiger partial charge in [-0.05, 0) is 37.9 Å². The standard InChI is InChI=1S/C16H22N4O2.ClH/c1-10(2)14-13-6-12(8-18-15(13)22-19-14)16(21)20-5-4-11(9-20)7-17-3;/h6,8,10-11,17H,4-5,7,9H2,1-3H3;1H. The molecule has 3 rings (SSSR count). The van der Waals surface area contributed by atoms with Crippen LogP contribution in [0.4, 0.5) is 0 Å². The number of halogens is 1. The molecule has 2 aromatic rings. The van der Waals surface area contributed by atoms with Crippen LogP contribution in [-0.2, 0) is 0 Å². The lowest BCUT2D eigenvalue weighted by Gasteiger charge is -2.16. The SMILES string of the molecule is CNCC1CCN(C(=O)c2cnc3onc(C(C)C)c3c2)C1.Cl. The van der Waals surface area contributed by atoms with Crippen molar-refractivity contribution in [1.82, 2.24) is 20.4 Å². The van der Waals surface area contributed by atoms with Gasteiger partial charge in [-0.3, -0.25) is 4.79 Å². The van der Waals surface area contributed by atoms with Crippen molar-refractivity contribution in [3.63, 3.8) is 0 Å². The van der Waals surface area contributed by atoms with Gasteiger partial charge >= 0.3 is 0 Å². The molecule has 6 nitrogen and oxygen atoms in total. The highest BCUT2D eigenvalue weighted by atomic mass is 35.5. The second-order valence-corrected chi connectivity index (χ2v) is 6.26. The van der Waals surface area contributed by atoms with Crippen LogP contribution in [0.25, 0.3) is 11.1 Å². The summed E-state index contributed by atoms with van der Waals surface area (Å²) in [6.07, 6.45) is 2.64. The summed E-state index contributed by atoms with van der Waals surface area (Å²) in [7, 11) is 1.95. The minimum atomic E-state index is 0. The van der Waals surface area contributed by atoms with Crippen LogP contribution in [0.5, 0.6) is 0 Å². The maximum Gasteiger partial charge on any atom is 0.257 e. The average molecular weight is 339 g/mol. The van der Waals surface area contributed by atoms with Crippen LogP contribution in [-0.4, -0.2) is 47.6 Å². The third-order valence-electron chi connectivity index (χ3n) is 4.22. The van der Waals surface area contributed by atoms with Gasteiger partial charge in [0.05, 0.1) is 16.6 Å². The Morgan fingerprint density at radius 2 is 2.30 bits per heavy atom. The van der Waals surface area contributed by atoms with Crippen molar-refractivity contribution in [3.8, 4) is 0 Å². The molecule has 0 aliphatic carbocycles. The minimum Gasteiger partial charge on any atom is -0.338 e. The van der Waals surface area contributed by atoms with Crippen molar-refractivity contribution < 1.29 is 9.32 Å². The fourth-order valence-corrected chi connectivity index (χ4v) is 3.04. The molecule has 23 heavy (non-hydrogen) atoms. The van der Waals surface area contributed by atoms with Gasteiger partial charge in [-0.2, -0.15) is 0 Å². The predicted octanol–water partition coefficient (Wildman–Crippen LogP) is 2.45. The Kier molecular flexibility index (Phi) is 5.59. The Morgan fingerprint density at radius 3 is 3.00 bits per heavy atom. The van der Waals surface area contributed by atoms with E-state index in [1.807, 2.05) is 18.0 Å². The average Bonchev–Trinajstić information content (AvgIpc) is 3.12. The van der Waals surface area contributed by atoms with E-state index < -0.39 is 0 Å². The van der Waals surface area contributed by atoms with Crippen molar-refractivity contribution in [2.24, 2.45) is 5.92 Å². The van der Waals surface area contributed by atoms with E-state index in [4.69, 9.17) is 4.52 Å². The molecule has 1 aliphatic rings. The van der Waals surface area contributed by atoms with Crippen molar-refractivity contribution in [2.45, 2.75) is 26.2 Å². The molecule has 1 amide bonds.